The minimum absolute atomic E-state index is 0.0477. The first kappa shape index (κ1) is 15.1. The maximum atomic E-state index is 12.3. The lowest BCUT2D eigenvalue weighted by Crippen LogP contribution is -2.31. The number of esters is 1. The minimum Gasteiger partial charge on any atom is -0.494 e. The summed E-state index contributed by atoms with van der Waals surface area (Å²) in [6.45, 7) is 7.53. The maximum Gasteiger partial charge on any atom is 0.313 e. The Labute approximate surface area is 132 Å². The Bertz CT molecular complexity index is 578. The Morgan fingerprint density at radius 1 is 1.45 bits per heavy atom. The quantitative estimate of drug-likeness (QED) is 0.454. The zero-order valence-corrected chi connectivity index (χ0v) is 13.3. The van der Waals surface area contributed by atoms with Gasteiger partial charge in [-0.15, -0.1) is 0 Å². The molecule has 1 heterocycles. The van der Waals surface area contributed by atoms with E-state index in [1.165, 1.54) is 5.57 Å². The maximum absolute atomic E-state index is 12.3. The van der Waals surface area contributed by atoms with E-state index in [1.54, 1.807) is 0 Å². The van der Waals surface area contributed by atoms with E-state index < -0.39 is 0 Å². The Morgan fingerprint density at radius 3 is 3.14 bits per heavy atom. The van der Waals surface area contributed by atoms with Gasteiger partial charge in [0.2, 0.25) is 0 Å². The fraction of sp³-hybridized carbons (Fsp3) is 0.526. The van der Waals surface area contributed by atoms with Gasteiger partial charge < -0.3 is 9.47 Å². The lowest BCUT2D eigenvalue weighted by molar-refractivity contribution is -0.146. The van der Waals surface area contributed by atoms with Crippen LogP contribution in [0.1, 0.15) is 38.2 Å². The highest BCUT2D eigenvalue weighted by Gasteiger charge is 2.55. The van der Waals surface area contributed by atoms with Crippen LogP contribution < -0.4 is 4.74 Å². The summed E-state index contributed by atoms with van der Waals surface area (Å²) in [4.78, 5) is 12.3. The van der Waals surface area contributed by atoms with E-state index in [1.807, 2.05) is 12.1 Å². The molecule has 0 N–H and O–H groups in total. The van der Waals surface area contributed by atoms with Crippen molar-refractivity contribution in [3.05, 3.63) is 42.0 Å². The van der Waals surface area contributed by atoms with Crippen LogP contribution in [0.2, 0.25) is 0 Å². The van der Waals surface area contributed by atoms with Crippen molar-refractivity contribution in [1.82, 2.24) is 0 Å². The zero-order valence-electron chi connectivity index (χ0n) is 13.3. The van der Waals surface area contributed by atoms with Crippen LogP contribution in [-0.4, -0.2) is 19.2 Å². The number of unbranched alkanes of at least 4 members (excludes halogenated alkanes) is 1. The van der Waals surface area contributed by atoms with Crippen molar-refractivity contribution in [1.29, 1.82) is 0 Å². The molecule has 3 heteroatoms. The summed E-state index contributed by atoms with van der Waals surface area (Å²) in [5.74, 6) is 1.13. The highest BCUT2D eigenvalue weighted by Crippen LogP contribution is 2.52. The summed E-state index contributed by atoms with van der Waals surface area (Å²) in [6, 6.07) is 8.13. The molecule has 0 aromatic heterocycles. The highest BCUT2D eigenvalue weighted by atomic mass is 16.5. The van der Waals surface area contributed by atoms with Gasteiger partial charge >= 0.3 is 5.97 Å². The van der Waals surface area contributed by atoms with Gasteiger partial charge in [0.25, 0.3) is 0 Å². The van der Waals surface area contributed by atoms with Gasteiger partial charge in [-0.2, -0.15) is 0 Å². The lowest BCUT2D eigenvalue weighted by Gasteiger charge is -2.24. The molecule has 1 aromatic carbocycles. The average molecular weight is 300 g/mol. The van der Waals surface area contributed by atoms with E-state index in [9.17, 15) is 4.79 Å². The molecule has 1 aromatic rings. The normalized spacial score (nSPS) is 26.9. The van der Waals surface area contributed by atoms with E-state index >= 15 is 0 Å². The second kappa shape index (κ2) is 6.15. The molecule has 2 fully saturated rings. The molecule has 3 rings (SSSR count). The van der Waals surface area contributed by atoms with Crippen LogP contribution in [0.3, 0.4) is 0 Å². The number of carbonyl (C=O) groups is 1. The summed E-state index contributed by atoms with van der Waals surface area (Å²) in [7, 11) is 0. The molecule has 1 aliphatic heterocycles. The number of rotatable bonds is 6. The van der Waals surface area contributed by atoms with E-state index in [4.69, 9.17) is 9.47 Å². The smallest absolute Gasteiger partial charge is 0.313 e. The van der Waals surface area contributed by atoms with Crippen LogP contribution >= 0.6 is 0 Å². The molecule has 1 saturated heterocycles. The summed E-state index contributed by atoms with van der Waals surface area (Å²) in [6.07, 6.45) is 4.58. The Kier molecular flexibility index (Phi) is 4.23. The SMILES string of the molecule is C=C1CC2COC(=O)C2(Cc2cccc(OCCCC)c2)C1. The van der Waals surface area contributed by atoms with Crippen molar-refractivity contribution in [3.63, 3.8) is 0 Å². The number of hydrogen-bond donors (Lipinski definition) is 0. The van der Waals surface area contributed by atoms with E-state index in [-0.39, 0.29) is 17.3 Å². The van der Waals surface area contributed by atoms with E-state index in [2.05, 4.69) is 25.6 Å². The molecule has 2 unspecified atom stereocenters. The monoisotopic (exact) mass is 300 g/mol. The number of allylic oxidation sites excluding steroid dienone is 1. The topological polar surface area (TPSA) is 35.5 Å². The van der Waals surface area contributed by atoms with Crippen LogP contribution in [0.4, 0.5) is 0 Å². The molecule has 2 aliphatic rings. The van der Waals surface area contributed by atoms with Crippen LogP contribution in [-0.2, 0) is 16.0 Å². The standard InChI is InChI=1S/C19H24O3/c1-3-4-8-21-17-7-5-6-15(10-17)12-19-11-14(2)9-16(19)13-22-18(19)20/h5-7,10,16H,2-4,8-9,11-13H2,1H3. The van der Waals surface area contributed by atoms with Gasteiger partial charge in [0.15, 0.2) is 0 Å². The Morgan fingerprint density at radius 2 is 2.32 bits per heavy atom. The average Bonchev–Trinajstić information content (AvgIpc) is 2.95. The first-order chi connectivity index (χ1) is 10.6. The molecule has 0 spiro atoms. The Hall–Kier alpha value is -1.77. The molecule has 0 radical (unpaired) electrons. The fourth-order valence-electron chi connectivity index (χ4n) is 3.71. The van der Waals surface area contributed by atoms with Gasteiger partial charge in [-0.3, -0.25) is 4.79 Å². The van der Waals surface area contributed by atoms with Gasteiger partial charge in [0.05, 0.1) is 18.6 Å². The fourth-order valence-corrected chi connectivity index (χ4v) is 3.71. The number of hydrogen-bond acceptors (Lipinski definition) is 3. The molecule has 1 aliphatic carbocycles. The first-order valence-corrected chi connectivity index (χ1v) is 8.19. The van der Waals surface area contributed by atoms with Crippen molar-refractivity contribution in [2.45, 2.75) is 39.0 Å². The summed E-state index contributed by atoms with van der Waals surface area (Å²) in [5.41, 5.74) is 1.93. The molecule has 118 valence electrons. The van der Waals surface area contributed by atoms with E-state index in [0.717, 1.165) is 50.0 Å². The van der Waals surface area contributed by atoms with Gasteiger partial charge in [-0.05, 0) is 43.4 Å². The molecular formula is C19H24O3. The van der Waals surface area contributed by atoms with Gasteiger partial charge in [-0.1, -0.05) is 37.6 Å². The third-order valence-electron chi connectivity index (χ3n) is 4.89. The van der Waals surface area contributed by atoms with Crippen LogP contribution in [0, 0.1) is 11.3 Å². The Balaban J connectivity index is 1.76. The predicted octanol–water partition coefficient (Wildman–Crippen LogP) is 3.92. The number of benzene rings is 1. The van der Waals surface area contributed by atoms with Crippen molar-refractivity contribution >= 4 is 5.97 Å². The van der Waals surface area contributed by atoms with Crippen molar-refractivity contribution in [3.8, 4) is 5.75 Å². The first-order valence-electron chi connectivity index (χ1n) is 8.19. The lowest BCUT2D eigenvalue weighted by atomic mass is 9.75. The molecule has 3 nitrogen and oxygen atoms in total. The number of ether oxygens (including phenoxy) is 2. The number of carbonyl (C=O) groups excluding carboxylic acids is 1. The molecule has 2 atom stereocenters. The van der Waals surface area contributed by atoms with Gasteiger partial charge in [0, 0.05) is 5.92 Å². The zero-order chi connectivity index (χ0) is 15.6. The third-order valence-corrected chi connectivity index (χ3v) is 4.89. The largest absolute Gasteiger partial charge is 0.494 e. The number of fused-ring (bicyclic) bond motifs is 1. The summed E-state index contributed by atoms with van der Waals surface area (Å²) in [5, 5.41) is 0. The minimum atomic E-state index is -0.390. The third kappa shape index (κ3) is 2.77. The van der Waals surface area contributed by atoms with Crippen LogP contribution in [0.15, 0.2) is 36.4 Å². The molecular weight excluding hydrogens is 276 g/mol. The summed E-state index contributed by atoms with van der Waals surface area (Å²) >= 11 is 0. The van der Waals surface area contributed by atoms with Crippen molar-refractivity contribution < 1.29 is 14.3 Å². The predicted molar refractivity (Wildman–Crippen MR) is 85.8 cm³/mol. The molecule has 22 heavy (non-hydrogen) atoms. The van der Waals surface area contributed by atoms with Crippen LogP contribution in [0.25, 0.3) is 0 Å². The van der Waals surface area contributed by atoms with E-state index in [0.29, 0.717) is 6.61 Å². The van der Waals surface area contributed by atoms with Crippen molar-refractivity contribution in [2.75, 3.05) is 13.2 Å². The van der Waals surface area contributed by atoms with Crippen molar-refractivity contribution in [2.24, 2.45) is 11.3 Å². The molecule has 0 bridgehead atoms. The van der Waals surface area contributed by atoms with Gasteiger partial charge in [-0.25, -0.2) is 0 Å². The van der Waals surface area contributed by atoms with Crippen LogP contribution in [0.5, 0.6) is 5.75 Å². The number of cyclic esters (lactones) is 1. The summed E-state index contributed by atoms with van der Waals surface area (Å²) < 4.78 is 11.1. The molecule has 0 amide bonds. The highest BCUT2D eigenvalue weighted by molar-refractivity contribution is 5.81. The second-order valence-electron chi connectivity index (χ2n) is 6.61. The van der Waals surface area contributed by atoms with Gasteiger partial charge in [0.1, 0.15) is 5.75 Å². The second-order valence-corrected chi connectivity index (χ2v) is 6.61. The molecule has 1 saturated carbocycles.